The molecule has 0 spiro atoms. The van der Waals surface area contributed by atoms with E-state index in [1.54, 1.807) is 10.5 Å². The number of H-pyrrole nitrogens is 1. The fraction of sp³-hybridized carbons (Fsp3) is 0.769. The van der Waals surface area contributed by atoms with Gasteiger partial charge in [-0.3, -0.25) is 4.90 Å². The van der Waals surface area contributed by atoms with Crippen molar-refractivity contribution in [2.45, 2.75) is 24.5 Å². The zero-order valence-corrected chi connectivity index (χ0v) is 13.2. The number of hydrogen-bond acceptors (Lipinski definition) is 5. The van der Waals surface area contributed by atoms with Crippen molar-refractivity contribution in [2.24, 2.45) is 0 Å². The molecule has 2 fully saturated rings. The molecule has 1 aromatic heterocycles. The summed E-state index contributed by atoms with van der Waals surface area (Å²) in [5, 5.41) is 0.0546. The first kappa shape index (κ1) is 15.0. The highest BCUT2D eigenvalue weighted by Gasteiger charge is 2.37. The number of likely N-dealkylation sites (N-methyl/N-ethyl adjacent to an activating group) is 1. The van der Waals surface area contributed by atoms with Crippen molar-refractivity contribution in [3.63, 3.8) is 0 Å². The lowest BCUT2D eigenvalue weighted by molar-refractivity contribution is 0.104. The van der Waals surface area contributed by atoms with Crippen LogP contribution in [0.2, 0.25) is 0 Å². The third-order valence-corrected chi connectivity index (χ3v) is 6.28. The van der Waals surface area contributed by atoms with Crippen molar-refractivity contribution >= 4 is 10.0 Å². The minimum Gasteiger partial charge on any atom is -0.334 e. The molecule has 2 aliphatic rings. The Hall–Kier alpha value is -0.960. The fourth-order valence-corrected chi connectivity index (χ4v) is 4.56. The molecule has 1 atom stereocenters. The highest BCUT2D eigenvalue weighted by Crippen LogP contribution is 2.22. The van der Waals surface area contributed by atoms with Gasteiger partial charge in [0.05, 0.1) is 0 Å². The summed E-state index contributed by atoms with van der Waals surface area (Å²) in [5.41, 5.74) is 0. The van der Waals surface area contributed by atoms with E-state index in [-0.39, 0.29) is 5.16 Å². The molecule has 1 aromatic rings. The van der Waals surface area contributed by atoms with Gasteiger partial charge in [-0.2, -0.15) is 4.31 Å². The van der Waals surface area contributed by atoms with Crippen molar-refractivity contribution in [3.05, 3.63) is 12.4 Å². The Morgan fingerprint density at radius 1 is 1.29 bits per heavy atom. The van der Waals surface area contributed by atoms with Crippen molar-refractivity contribution in [1.82, 2.24) is 24.1 Å². The second kappa shape index (κ2) is 6.04. The van der Waals surface area contributed by atoms with Crippen LogP contribution in [0, 0.1) is 0 Å². The van der Waals surface area contributed by atoms with Gasteiger partial charge in [-0.05, 0) is 13.0 Å². The lowest BCUT2D eigenvalue weighted by atomic mass is 10.2. The predicted molar refractivity (Wildman–Crippen MR) is 79.4 cm³/mol. The molecule has 3 heterocycles. The van der Waals surface area contributed by atoms with E-state index in [0.717, 1.165) is 39.1 Å². The van der Waals surface area contributed by atoms with Crippen LogP contribution < -0.4 is 0 Å². The van der Waals surface area contributed by atoms with E-state index in [2.05, 4.69) is 26.7 Å². The summed E-state index contributed by atoms with van der Waals surface area (Å²) in [7, 11) is -3.45. The first-order valence-electron chi connectivity index (χ1n) is 7.57. The maximum absolute atomic E-state index is 12.4. The average Bonchev–Trinajstić information content (AvgIpc) is 3.19. The van der Waals surface area contributed by atoms with Gasteiger partial charge in [0.1, 0.15) is 0 Å². The van der Waals surface area contributed by atoms with Gasteiger partial charge >= 0.3 is 0 Å². The molecular weight excluding hydrogens is 290 g/mol. The molecule has 2 aliphatic heterocycles. The van der Waals surface area contributed by atoms with Crippen LogP contribution in [0.3, 0.4) is 0 Å². The first-order chi connectivity index (χ1) is 10.1. The molecule has 8 heteroatoms. The zero-order valence-electron chi connectivity index (χ0n) is 12.4. The number of rotatable bonds is 4. The lowest BCUT2D eigenvalue weighted by Crippen LogP contribution is -2.51. The molecule has 2 saturated heterocycles. The van der Waals surface area contributed by atoms with E-state index in [0.29, 0.717) is 19.1 Å². The van der Waals surface area contributed by atoms with E-state index in [1.807, 2.05) is 0 Å². The number of piperazine rings is 1. The number of nitrogens with one attached hydrogen (secondary N) is 1. The van der Waals surface area contributed by atoms with Gasteiger partial charge < -0.3 is 9.88 Å². The Morgan fingerprint density at radius 3 is 2.67 bits per heavy atom. The summed E-state index contributed by atoms with van der Waals surface area (Å²) in [4.78, 5) is 11.5. The number of hydrogen-bond donors (Lipinski definition) is 1. The molecule has 0 radical (unpaired) electrons. The number of nitrogens with zero attached hydrogens (tertiary/aromatic N) is 4. The summed E-state index contributed by atoms with van der Waals surface area (Å²) < 4.78 is 26.4. The van der Waals surface area contributed by atoms with Crippen LogP contribution in [0.5, 0.6) is 0 Å². The largest absolute Gasteiger partial charge is 0.334 e. The Labute approximate surface area is 126 Å². The van der Waals surface area contributed by atoms with Gasteiger partial charge in [-0.25, -0.2) is 13.4 Å². The second-order valence-electron chi connectivity index (χ2n) is 5.67. The molecule has 0 saturated carbocycles. The normalized spacial score (nSPS) is 26.4. The monoisotopic (exact) mass is 313 g/mol. The van der Waals surface area contributed by atoms with Gasteiger partial charge in [0.2, 0.25) is 5.16 Å². The molecule has 118 valence electrons. The zero-order chi connectivity index (χ0) is 14.9. The van der Waals surface area contributed by atoms with E-state index in [1.165, 1.54) is 6.20 Å². The number of aromatic nitrogens is 2. The highest BCUT2D eigenvalue weighted by molar-refractivity contribution is 7.89. The summed E-state index contributed by atoms with van der Waals surface area (Å²) in [5.74, 6) is 0. The van der Waals surface area contributed by atoms with Crippen LogP contribution >= 0.6 is 0 Å². The van der Waals surface area contributed by atoms with Crippen molar-refractivity contribution in [2.75, 3.05) is 45.8 Å². The van der Waals surface area contributed by atoms with Crippen molar-refractivity contribution in [3.8, 4) is 0 Å². The topological polar surface area (TPSA) is 72.5 Å². The first-order valence-corrected chi connectivity index (χ1v) is 9.01. The molecule has 0 aliphatic carbocycles. The molecule has 0 bridgehead atoms. The maximum atomic E-state index is 12.4. The molecule has 1 N–H and O–H groups in total. The number of aromatic amines is 1. The van der Waals surface area contributed by atoms with Crippen LogP contribution in [0.4, 0.5) is 0 Å². The predicted octanol–water partition coefficient (Wildman–Crippen LogP) is -0.190. The number of sulfonamides is 1. The standard InChI is InChI=1S/C13H23N5O2S/c1-2-16-7-9-17(10-8-16)12-3-6-18(11-12)21(19,20)13-14-4-5-15-13/h4-5,12H,2-3,6-11H2,1H3,(H,14,15). The summed E-state index contributed by atoms with van der Waals surface area (Å²) in [6.45, 7) is 8.67. The van der Waals surface area contributed by atoms with E-state index >= 15 is 0 Å². The van der Waals surface area contributed by atoms with Gasteiger partial charge in [0.25, 0.3) is 10.0 Å². The third-order valence-electron chi connectivity index (χ3n) is 4.55. The van der Waals surface area contributed by atoms with Crippen LogP contribution in [0.1, 0.15) is 13.3 Å². The fourth-order valence-electron chi connectivity index (χ4n) is 3.19. The minimum absolute atomic E-state index is 0.0546. The number of imidazole rings is 1. The maximum Gasteiger partial charge on any atom is 0.276 e. The van der Waals surface area contributed by atoms with E-state index < -0.39 is 10.0 Å². The molecule has 0 aromatic carbocycles. The SMILES string of the molecule is CCN1CCN(C2CCN(S(=O)(=O)c3ncc[nH]3)C2)CC1. The van der Waals surface area contributed by atoms with Crippen LogP contribution in [-0.2, 0) is 10.0 Å². The lowest BCUT2D eigenvalue weighted by Gasteiger charge is -2.37. The van der Waals surface area contributed by atoms with Crippen molar-refractivity contribution < 1.29 is 8.42 Å². The van der Waals surface area contributed by atoms with Gasteiger partial charge in [-0.15, -0.1) is 0 Å². The Morgan fingerprint density at radius 2 is 2.05 bits per heavy atom. The Bertz CT molecular complexity index is 551. The third kappa shape index (κ3) is 2.98. The Balaban J connectivity index is 1.61. The smallest absolute Gasteiger partial charge is 0.276 e. The highest BCUT2D eigenvalue weighted by atomic mass is 32.2. The van der Waals surface area contributed by atoms with Crippen LogP contribution in [0.25, 0.3) is 0 Å². The van der Waals surface area contributed by atoms with E-state index in [4.69, 9.17) is 0 Å². The van der Waals surface area contributed by atoms with Gasteiger partial charge in [0, 0.05) is 57.7 Å². The molecular formula is C13H23N5O2S. The summed E-state index contributed by atoms with van der Waals surface area (Å²) >= 11 is 0. The quantitative estimate of drug-likeness (QED) is 0.834. The Kier molecular flexibility index (Phi) is 4.30. The molecule has 0 amide bonds. The molecule has 3 rings (SSSR count). The molecule has 1 unspecified atom stereocenters. The molecule has 7 nitrogen and oxygen atoms in total. The summed E-state index contributed by atoms with van der Waals surface area (Å²) in [6.07, 6.45) is 3.93. The average molecular weight is 313 g/mol. The van der Waals surface area contributed by atoms with Crippen molar-refractivity contribution in [1.29, 1.82) is 0 Å². The van der Waals surface area contributed by atoms with Crippen LogP contribution in [0.15, 0.2) is 17.6 Å². The minimum atomic E-state index is -3.45. The summed E-state index contributed by atoms with van der Waals surface area (Å²) in [6, 6.07) is 0.341. The van der Waals surface area contributed by atoms with Gasteiger partial charge in [0.15, 0.2) is 0 Å². The van der Waals surface area contributed by atoms with Crippen LogP contribution in [-0.4, -0.2) is 84.3 Å². The van der Waals surface area contributed by atoms with Gasteiger partial charge in [-0.1, -0.05) is 6.92 Å². The van der Waals surface area contributed by atoms with E-state index in [9.17, 15) is 8.42 Å². The molecule has 21 heavy (non-hydrogen) atoms. The second-order valence-corrected chi connectivity index (χ2v) is 7.52.